The van der Waals surface area contributed by atoms with Gasteiger partial charge in [0.15, 0.2) is 0 Å². The number of carbonyl (C=O) groups excluding carboxylic acids is 2. The van der Waals surface area contributed by atoms with E-state index in [0.29, 0.717) is 5.69 Å². The Morgan fingerprint density at radius 3 is 2.81 bits per heavy atom. The lowest BCUT2D eigenvalue weighted by atomic mass is 10.3. The second-order valence-electron chi connectivity index (χ2n) is 2.89. The molecule has 86 valence electrons. The van der Waals surface area contributed by atoms with E-state index in [-0.39, 0.29) is 6.54 Å². The van der Waals surface area contributed by atoms with Gasteiger partial charge >= 0.3 is 12.0 Å². The molecule has 0 spiro atoms. The molecule has 0 aromatic heterocycles. The van der Waals surface area contributed by atoms with Gasteiger partial charge in [-0.2, -0.15) is 0 Å². The minimum atomic E-state index is -0.496. The summed E-state index contributed by atoms with van der Waals surface area (Å²) in [4.78, 5) is 22.0. The number of hydrogen-bond acceptors (Lipinski definition) is 3. The zero-order valence-corrected chi connectivity index (χ0v) is 10.2. The number of carbonyl (C=O) groups is 2. The van der Waals surface area contributed by atoms with Crippen LogP contribution >= 0.6 is 15.9 Å². The van der Waals surface area contributed by atoms with E-state index in [0.717, 1.165) is 4.47 Å². The third kappa shape index (κ3) is 4.31. The quantitative estimate of drug-likeness (QED) is 0.832. The summed E-state index contributed by atoms with van der Waals surface area (Å²) in [5.41, 5.74) is 0.636. The summed E-state index contributed by atoms with van der Waals surface area (Å²) >= 11 is 3.28. The second kappa shape index (κ2) is 6.12. The number of esters is 1. The third-order valence-electron chi connectivity index (χ3n) is 1.70. The molecule has 0 saturated carbocycles. The molecule has 0 heterocycles. The number of anilines is 1. The Bertz CT molecular complexity index is 395. The molecule has 16 heavy (non-hydrogen) atoms. The molecule has 2 N–H and O–H groups in total. The van der Waals surface area contributed by atoms with Crippen molar-refractivity contribution in [3.05, 3.63) is 28.7 Å². The largest absolute Gasteiger partial charge is 0.468 e. The van der Waals surface area contributed by atoms with Crippen molar-refractivity contribution in [2.75, 3.05) is 19.0 Å². The Morgan fingerprint density at radius 2 is 2.19 bits per heavy atom. The normalized spacial score (nSPS) is 9.38. The molecule has 0 bridgehead atoms. The molecule has 0 unspecified atom stereocenters. The first-order chi connectivity index (χ1) is 7.61. The van der Waals surface area contributed by atoms with Gasteiger partial charge in [0, 0.05) is 10.2 Å². The number of rotatable bonds is 3. The Labute approximate surface area is 101 Å². The SMILES string of the molecule is COC(=O)CNC(=O)Nc1cccc(Br)c1. The van der Waals surface area contributed by atoms with Gasteiger partial charge in [0.25, 0.3) is 0 Å². The van der Waals surface area contributed by atoms with Gasteiger partial charge in [0.05, 0.1) is 7.11 Å². The van der Waals surface area contributed by atoms with E-state index in [9.17, 15) is 9.59 Å². The van der Waals surface area contributed by atoms with E-state index in [4.69, 9.17) is 0 Å². The topological polar surface area (TPSA) is 67.4 Å². The highest BCUT2D eigenvalue weighted by Crippen LogP contribution is 2.15. The number of urea groups is 1. The molecular formula is C10H11BrN2O3. The lowest BCUT2D eigenvalue weighted by molar-refractivity contribution is -0.139. The highest BCUT2D eigenvalue weighted by atomic mass is 79.9. The van der Waals surface area contributed by atoms with E-state index in [1.54, 1.807) is 18.2 Å². The van der Waals surface area contributed by atoms with Crippen molar-refractivity contribution < 1.29 is 14.3 Å². The maximum Gasteiger partial charge on any atom is 0.325 e. The molecule has 0 fully saturated rings. The van der Waals surface area contributed by atoms with Gasteiger partial charge in [-0.3, -0.25) is 4.79 Å². The summed E-state index contributed by atoms with van der Waals surface area (Å²) in [6.45, 7) is -0.156. The molecule has 0 radical (unpaired) electrons. The Morgan fingerprint density at radius 1 is 1.44 bits per heavy atom. The van der Waals surface area contributed by atoms with Gasteiger partial charge in [-0.1, -0.05) is 22.0 Å². The maximum atomic E-state index is 11.3. The van der Waals surface area contributed by atoms with E-state index >= 15 is 0 Å². The van der Waals surface area contributed by atoms with Crippen LogP contribution in [0.3, 0.4) is 0 Å². The molecule has 0 aliphatic rings. The van der Waals surface area contributed by atoms with Crippen molar-refractivity contribution >= 4 is 33.6 Å². The summed E-state index contributed by atoms with van der Waals surface area (Å²) in [6, 6.07) is 6.67. The Kier molecular flexibility index (Phi) is 4.78. The molecule has 1 rings (SSSR count). The fourth-order valence-corrected chi connectivity index (χ4v) is 1.37. The fourth-order valence-electron chi connectivity index (χ4n) is 0.966. The van der Waals surface area contributed by atoms with Crippen LogP contribution in [0.5, 0.6) is 0 Å². The van der Waals surface area contributed by atoms with Crippen LogP contribution in [0.4, 0.5) is 10.5 Å². The molecule has 6 heteroatoms. The Balaban J connectivity index is 2.43. The number of halogens is 1. The lowest BCUT2D eigenvalue weighted by Gasteiger charge is -2.06. The van der Waals surface area contributed by atoms with Crippen molar-refractivity contribution in [1.29, 1.82) is 0 Å². The van der Waals surface area contributed by atoms with Gasteiger partial charge < -0.3 is 15.4 Å². The van der Waals surface area contributed by atoms with Crippen molar-refractivity contribution in [1.82, 2.24) is 5.32 Å². The number of methoxy groups -OCH3 is 1. The molecule has 0 atom stereocenters. The maximum absolute atomic E-state index is 11.3. The summed E-state index contributed by atoms with van der Waals surface area (Å²) in [5.74, 6) is -0.496. The zero-order chi connectivity index (χ0) is 12.0. The predicted molar refractivity (Wildman–Crippen MR) is 63.2 cm³/mol. The number of nitrogens with one attached hydrogen (secondary N) is 2. The highest BCUT2D eigenvalue weighted by Gasteiger charge is 2.04. The van der Waals surface area contributed by atoms with Crippen molar-refractivity contribution in [3.8, 4) is 0 Å². The molecule has 5 nitrogen and oxygen atoms in total. The van der Waals surface area contributed by atoms with Gasteiger partial charge in [0.2, 0.25) is 0 Å². The van der Waals surface area contributed by atoms with E-state index < -0.39 is 12.0 Å². The van der Waals surface area contributed by atoms with Crippen LogP contribution in [-0.4, -0.2) is 25.7 Å². The molecule has 1 aromatic carbocycles. The molecule has 1 aromatic rings. The fraction of sp³-hybridized carbons (Fsp3) is 0.200. The number of hydrogen-bond donors (Lipinski definition) is 2. The predicted octanol–water partition coefficient (Wildman–Crippen LogP) is 1.74. The van der Waals surface area contributed by atoms with Crippen molar-refractivity contribution in [2.24, 2.45) is 0 Å². The average molecular weight is 287 g/mol. The highest BCUT2D eigenvalue weighted by molar-refractivity contribution is 9.10. The standard InChI is InChI=1S/C10H11BrN2O3/c1-16-9(14)6-12-10(15)13-8-4-2-3-7(11)5-8/h2-5H,6H2,1H3,(H2,12,13,15). The number of benzene rings is 1. The third-order valence-corrected chi connectivity index (χ3v) is 2.20. The second-order valence-corrected chi connectivity index (χ2v) is 3.81. The van der Waals surface area contributed by atoms with Crippen LogP contribution in [0, 0.1) is 0 Å². The van der Waals surface area contributed by atoms with Gasteiger partial charge in [-0.05, 0) is 18.2 Å². The van der Waals surface area contributed by atoms with Crippen LogP contribution in [0.1, 0.15) is 0 Å². The van der Waals surface area contributed by atoms with E-state index in [2.05, 4.69) is 31.3 Å². The first-order valence-electron chi connectivity index (χ1n) is 4.49. The summed E-state index contributed by atoms with van der Waals surface area (Å²) < 4.78 is 5.24. The smallest absolute Gasteiger partial charge is 0.325 e. The molecule has 0 saturated heterocycles. The monoisotopic (exact) mass is 286 g/mol. The summed E-state index contributed by atoms with van der Waals surface area (Å²) in [5, 5.41) is 4.94. The van der Waals surface area contributed by atoms with Gasteiger partial charge in [-0.15, -0.1) is 0 Å². The molecular weight excluding hydrogens is 276 g/mol. The number of ether oxygens (including phenoxy) is 1. The lowest BCUT2D eigenvalue weighted by Crippen LogP contribution is -2.33. The Hall–Kier alpha value is -1.56. The van der Waals surface area contributed by atoms with Crippen LogP contribution < -0.4 is 10.6 Å². The average Bonchev–Trinajstić information content (AvgIpc) is 2.26. The van der Waals surface area contributed by atoms with Crippen LogP contribution in [0.25, 0.3) is 0 Å². The van der Waals surface area contributed by atoms with E-state index in [1.165, 1.54) is 7.11 Å². The molecule has 2 amide bonds. The molecule has 0 aliphatic heterocycles. The first kappa shape index (κ1) is 12.5. The molecule has 0 aliphatic carbocycles. The van der Waals surface area contributed by atoms with Crippen molar-refractivity contribution in [2.45, 2.75) is 0 Å². The van der Waals surface area contributed by atoms with Gasteiger partial charge in [-0.25, -0.2) is 4.79 Å². The van der Waals surface area contributed by atoms with Gasteiger partial charge in [0.1, 0.15) is 6.54 Å². The minimum absolute atomic E-state index is 0.156. The summed E-state index contributed by atoms with van der Waals surface area (Å²) in [6.07, 6.45) is 0. The van der Waals surface area contributed by atoms with Crippen LogP contribution in [0.2, 0.25) is 0 Å². The first-order valence-corrected chi connectivity index (χ1v) is 5.28. The van der Waals surface area contributed by atoms with Crippen LogP contribution in [-0.2, 0) is 9.53 Å². The zero-order valence-electron chi connectivity index (χ0n) is 8.62. The summed E-state index contributed by atoms with van der Waals surface area (Å²) in [7, 11) is 1.26. The number of amides is 2. The minimum Gasteiger partial charge on any atom is -0.468 e. The van der Waals surface area contributed by atoms with E-state index in [1.807, 2.05) is 6.07 Å². The van der Waals surface area contributed by atoms with Crippen LogP contribution in [0.15, 0.2) is 28.7 Å². The van der Waals surface area contributed by atoms with Crippen molar-refractivity contribution in [3.63, 3.8) is 0 Å².